The molecule has 0 radical (unpaired) electrons. The second-order valence-electron chi connectivity index (χ2n) is 6.74. The number of fused-ring (bicyclic) bond motifs is 1. The Hall–Kier alpha value is -1.53. The average Bonchev–Trinajstić information content (AvgIpc) is 2.98. The third-order valence-corrected chi connectivity index (χ3v) is 5.73. The van der Waals surface area contributed by atoms with Gasteiger partial charge in [0.2, 0.25) is 11.8 Å². The maximum Gasteiger partial charge on any atom is 0.236 e. The van der Waals surface area contributed by atoms with Crippen molar-refractivity contribution in [1.29, 1.82) is 0 Å². The highest BCUT2D eigenvalue weighted by atomic mass is 32.2. The molecule has 1 aromatic carbocycles. The lowest BCUT2D eigenvalue weighted by Crippen LogP contribution is -2.53. The topological polar surface area (TPSA) is 52.7 Å². The predicted molar refractivity (Wildman–Crippen MR) is 96.1 cm³/mol. The molecule has 0 saturated carbocycles. The molecule has 0 spiro atoms. The molecule has 6 heteroatoms. The number of carbonyl (C=O) groups excluding carboxylic acids is 2. The van der Waals surface area contributed by atoms with Crippen LogP contribution >= 0.6 is 11.8 Å². The first-order chi connectivity index (χ1) is 11.5. The van der Waals surface area contributed by atoms with Crippen LogP contribution in [0, 0.1) is 0 Å². The summed E-state index contributed by atoms with van der Waals surface area (Å²) >= 11 is 1.69. The van der Waals surface area contributed by atoms with Crippen molar-refractivity contribution in [3.8, 4) is 0 Å². The van der Waals surface area contributed by atoms with Gasteiger partial charge in [0.25, 0.3) is 0 Å². The first-order valence-electron chi connectivity index (χ1n) is 8.58. The number of carbonyl (C=O) groups is 2. The smallest absolute Gasteiger partial charge is 0.236 e. The minimum Gasteiger partial charge on any atom is -0.353 e. The molecule has 1 atom stereocenters. The molecule has 0 bridgehead atoms. The van der Waals surface area contributed by atoms with Crippen LogP contribution in [0.3, 0.4) is 0 Å². The van der Waals surface area contributed by atoms with Gasteiger partial charge in [-0.2, -0.15) is 0 Å². The number of thioether (sulfide) groups is 1. The Balaban J connectivity index is 1.47. The Bertz CT molecular complexity index is 587. The summed E-state index contributed by atoms with van der Waals surface area (Å²) in [6.07, 6.45) is 0.830. The maximum absolute atomic E-state index is 12.8. The van der Waals surface area contributed by atoms with Crippen LogP contribution in [0.2, 0.25) is 0 Å². The highest BCUT2D eigenvalue weighted by molar-refractivity contribution is 8.01. The van der Waals surface area contributed by atoms with E-state index in [1.165, 1.54) is 10.5 Å². The molecular weight excluding hydrogens is 322 g/mol. The van der Waals surface area contributed by atoms with Gasteiger partial charge in [0.15, 0.2) is 0 Å². The minimum absolute atomic E-state index is 0.0122. The zero-order valence-electron chi connectivity index (χ0n) is 14.3. The SMILES string of the molecule is CC(C)NC(=O)CN1CCN(C(=O)C2Cc3ccccc3S2)CC1. The molecule has 0 aromatic heterocycles. The van der Waals surface area contributed by atoms with Gasteiger partial charge in [-0.25, -0.2) is 0 Å². The summed E-state index contributed by atoms with van der Waals surface area (Å²) in [5, 5.41) is 2.93. The number of nitrogens with zero attached hydrogens (tertiary/aromatic N) is 2. The molecule has 1 unspecified atom stereocenters. The highest BCUT2D eigenvalue weighted by Crippen LogP contribution is 2.37. The number of hydrogen-bond acceptors (Lipinski definition) is 4. The molecule has 0 aliphatic carbocycles. The van der Waals surface area contributed by atoms with E-state index in [1.54, 1.807) is 11.8 Å². The Labute approximate surface area is 147 Å². The molecule has 1 fully saturated rings. The predicted octanol–water partition coefficient (Wildman–Crippen LogP) is 1.37. The average molecular weight is 347 g/mol. The van der Waals surface area contributed by atoms with Gasteiger partial charge in [0.1, 0.15) is 0 Å². The second-order valence-corrected chi connectivity index (χ2v) is 7.99. The van der Waals surface area contributed by atoms with E-state index in [4.69, 9.17) is 0 Å². The Morgan fingerprint density at radius 3 is 2.58 bits per heavy atom. The second kappa shape index (κ2) is 7.57. The lowest BCUT2D eigenvalue weighted by atomic mass is 10.1. The first-order valence-corrected chi connectivity index (χ1v) is 9.46. The molecule has 1 N–H and O–H groups in total. The summed E-state index contributed by atoms with van der Waals surface area (Å²) < 4.78 is 0. The third-order valence-electron chi connectivity index (χ3n) is 4.42. The van der Waals surface area contributed by atoms with E-state index in [2.05, 4.69) is 22.3 Å². The largest absolute Gasteiger partial charge is 0.353 e. The summed E-state index contributed by atoms with van der Waals surface area (Å²) in [5.41, 5.74) is 1.28. The lowest BCUT2D eigenvalue weighted by Gasteiger charge is -2.35. The molecule has 2 heterocycles. The van der Waals surface area contributed by atoms with Crippen LogP contribution in [-0.4, -0.2) is 65.6 Å². The van der Waals surface area contributed by atoms with Crippen LogP contribution in [0.25, 0.3) is 0 Å². The van der Waals surface area contributed by atoms with E-state index >= 15 is 0 Å². The zero-order valence-corrected chi connectivity index (χ0v) is 15.1. The summed E-state index contributed by atoms with van der Waals surface area (Å²) in [7, 11) is 0. The van der Waals surface area contributed by atoms with Crippen molar-refractivity contribution in [2.24, 2.45) is 0 Å². The normalized spacial score (nSPS) is 21.0. The Morgan fingerprint density at radius 1 is 1.21 bits per heavy atom. The molecule has 1 aromatic rings. The molecule has 2 aliphatic heterocycles. The van der Waals surface area contributed by atoms with Gasteiger partial charge in [-0.3, -0.25) is 14.5 Å². The van der Waals surface area contributed by atoms with E-state index in [0.717, 1.165) is 19.5 Å². The maximum atomic E-state index is 12.8. The molecule has 3 rings (SSSR count). The van der Waals surface area contributed by atoms with Gasteiger partial charge in [-0.05, 0) is 31.9 Å². The van der Waals surface area contributed by atoms with Crippen LogP contribution < -0.4 is 5.32 Å². The van der Waals surface area contributed by atoms with Crippen molar-refractivity contribution in [1.82, 2.24) is 15.1 Å². The number of hydrogen-bond donors (Lipinski definition) is 1. The molecular formula is C18H25N3O2S. The number of nitrogens with one attached hydrogen (secondary N) is 1. The molecule has 2 aliphatic rings. The quantitative estimate of drug-likeness (QED) is 0.894. The summed E-state index contributed by atoms with van der Waals surface area (Å²) in [5.74, 6) is 0.300. The molecule has 1 saturated heterocycles. The fraction of sp³-hybridized carbons (Fsp3) is 0.556. The molecule has 130 valence electrons. The van der Waals surface area contributed by atoms with Gasteiger partial charge < -0.3 is 10.2 Å². The first kappa shape index (κ1) is 17.3. The van der Waals surface area contributed by atoms with E-state index in [-0.39, 0.29) is 23.1 Å². The molecule has 2 amide bonds. The van der Waals surface area contributed by atoms with E-state index in [0.29, 0.717) is 19.6 Å². The number of benzene rings is 1. The van der Waals surface area contributed by atoms with E-state index in [1.807, 2.05) is 30.9 Å². The van der Waals surface area contributed by atoms with E-state index in [9.17, 15) is 9.59 Å². The summed E-state index contributed by atoms with van der Waals surface area (Å²) in [4.78, 5) is 29.9. The van der Waals surface area contributed by atoms with Crippen molar-refractivity contribution in [2.75, 3.05) is 32.7 Å². The van der Waals surface area contributed by atoms with Crippen LogP contribution in [0.5, 0.6) is 0 Å². The van der Waals surface area contributed by atoms with Crippen LogP contribution in [0.15, 0.2) is 29.2 Å². The number of piperazine rings is 1. The van der Waals surface area contributed by atoms with Crippen molar-refractivity contribution in [3.05, 3.63) is 29.8 Å². The van der Waals surface area contributed by atoms with Gasteiger partial charge in [-0.15, -0.1) is 11.8 Å². The van der Waals surface area contributed by atoms with E-state index < -0.39 is 0 Å². The van der Waals surface area contributed by atoms with Gasteiger partial charge in [0.05, 0.1) is 11.8 Å². The highest BCUT2D eigenvalue weighted by Gasteiger charge is 2.32. The van der Waals surface area contributed by atoms with Crippen molar-refractivity contribution in [2.45, 2.75) is 36.5 Å². The van der Waals surface area contributed by atoms with Crippen molar-refractivity contribution >= 4 is 23.6 Å². The summed E-state index contributed by atoms with van der Waals surface area (Å²) in [6.45, 7) is 7.30. The number of rotatable bonds is 4. The fourth-order valence-corrected chi connectivity index (χ4v) is 4.50. The van der Waals surface area contributed by atoms with Gasteiger partial charge in [0, 0.05) is 37.1 Å². The van der Waals surface area contributed by atoms with Crippen LogP contribution in [0.1, 0.15) is 19.4 Å². The lowest BCUT2D eigenvalue weighted by molar-refractivity contribution is -0.132. The molecule has 24 heavy (non-hydrogen) atoms. The standard InChI is InChI=1S/C18H25N3O2S/c1-13(2)19-17(22)12-20-7-9-21(10-8-20)18(23)16-11-14-5-3-4-6-15(14)24-16/h3-6,13,16H,7-12H2,1-2H3,(H,19,22). The zero-order chi connectivity index (χ0) is 17.1. The molecule has 5 nitrogen and oxygen atoms in total. The minimum atomic E-state index is 0.0122. The monoisotopic (exact) mass is 347 g/mol. The van der Waals surface area contributed by atoms with Gasteiger partial charge in [-0.1, -0.05) is 18.2 Å². The summed E-state index contributed by atoms with van der Waals surface area (Å²) in [6, 6.07) is 8.44. The third kappa shape index (κ3) is 4.11. The van der Waals surface area contributed by atoms with Crippen molar-refractivity contribution < 1.29 is 9.59 Å². The number of amides is 2. The fourth-order valence-electron chi connectivity index (χ4n) is 3.22. The van der Waals surface area contributed by atoms with Crippen LogP contribution in [-0.2, 0) is 16.0 Å². The van der Waals surface area contributed by atoms with Crippen molar-refractivity contribution in [3.63, 3.8) is 0 Å². The Kier molecular flexibility index (Phi) is 5.46. The van der Waals surface area contributed by atoms with Gasteiger partial charge >= 0.3 is 0 Å². The Morgan fingerprint density at radius 2 is 1.92 bits per heavy atom. The van der Waals surface area contributed by atoms with Crippen LogP contribution in [0.4, 0.5) is 0 Å².